The van der Waals surface area contributed by atoms with Gasteiger partial charge in [0.25, 0.3) is 0 Å². The van der Waals surface area contributed by atoms with Crippen LogP contribution in [0.25, 0.3) is 0 Å². The smallest absolute Gasteiger partial charge is 0.305 e. The van der Waals surface area contributed by atoms with E-state index in [4.69, 9.17) is 23.7 Å². The number of ether oxygens (including phenoxy) is 6. The van der Waals surface area contributed by atoms with Crippen molar-refractivity contribution >= 4 is 5.97 Å². The van der Waals surface area contributed by atoms with Crippen LogP contribution >= 0.6 is 0 Å². The summed E-state index contributed by atoms with van der Waals surface area (Å²) in [6, 6.07) is 0. The number of hydrogen-bond acceptors (Lipinski definition) is 16. The summed E-state index contributed by atoms with van der Waals surface area (Å²) in [4.78, 5) is 11.2. The van der Waals surface area contributed by atoms with Crippen LogP contribution in [0.1, 0.15) is 65.2 Å². The largest absolute Gasteiger partial charge is 0.469 e. The SMILES string of the molecule is COC(=O)CCCCCCCCOC1OC(CO)C(C)C(O)C1OC(O)C(OC1OC(CO)C(C)C(O)C1O)C(O)C(O)CCO. The Kier molecular flexibility index (Phi) is 18.8. The van der Waals surface area contributed by atoms with Gasteiger partial charge in [-0.25, -0.2) is 0 Å². The Labute approximate surface area is 269 Å². The molecule has 14 atom stereocenters. The summed E-state index contributed by atoms with van der Waals surface area (Å²) >= 11 is 0. The lowest BCUT2D eigenvalue weighted by molar-refractivity contribution is -0.360. The average molecular weight is 673 g/mol. The van der Waals surface area contributed by atoms with Crippen molar-refractivity contribution in [3.8, 4) is 0 Å². The lowest BCUT2D eigenvalue weighted by Crippen LogP contribution is -2.61. The van der Waals surface area contributed by atoms with Gasteiger partial charge in [0.2, 0.25) is 0 Å². The summed E-state index contributed by atoms with van der Waals surface area (Å²) in [5.41, 5.74) is 0. The average Bonchev–Trinajstić information content (AvgIpc) is 3.04. The lowest BCUT2D eigenvalue weighted by Gasteiger charge is -2.45. The van der Waals surface area contributed by atoms with Gasteiger partial charge in [-0.15, -0.1) is 0 Å². The molecule has 0 bridgehead atoms. The van der Waals surface area contributed by atoms with Crippen LogP contribution < -0.4 is 0 Å². The maximum absolute atomic E-state index is 11.2. The molecule has 2 aliphatic rings. The number of aliphatic hydroxyl groups excluding tert-OH is 9. The van der Waals surface area contributed by atoms with E-state index in [9.17, 15) is 50.8 Å². The van der Waals surface area contributed by atoms with Crippen molar-refractivity contribution in [3.05, 3.63) is 0 Å². The predicted molar refractivity (Wildman–Crippen MR) is 158 cm³/mol. The standard InChI is InChI=1S/C30H56O16/c1-16-19(14-32)43-29(25(39)22(16)36)46-26(24(38)18(34)11-12-31)28(40)45-27-23(37)17(2)20(15-33)44-30(27)42-13-9-7-5-4-6-8-10-21(35)41-3/h16-20,22-34,36-40H,4-15H2,1-3H3. The van der Waals surface area contributed by atoms with Crippen molar-refractivity contribution < 1.29 is 79.2 Å². The van der Waals surface area contributed by atoms with Gasteiger partial charge in [0.05, 0.1) is 50.8 Å². The third-order valence-corrected chi connectivity index (χ3v) is 8.77. The number of methoxy groups -OCH3 is 1. The number of carbonyl (C=O) groups is 1. The molecule has 2 heterocycles. The molecule has 0 aromatic rings. The Bertz CT molecular complexity index is 835. The summed E-state index contributed by atoms with van der Waals surface area (Å²) in [6.45, 7) is 1.84. The molecule has 0 aromatic carbocycles. The van der Waals surface area contributed by atoms with E-state index in [1.165, 1.54) is 7.11 Å². The molecule has 0 aromatic heterocycles. The topological polar surface area (TPSA) is 255 Å². The maximum atomic E-state index is 11.2. The molecule has 0 radical (unpaired) electrons. The normalized spacial score (nSPS) is 34.5. The predicted octanol–water partition coefficient (Wildman–Crippen LogP) is -2.11. The number of aliphatic hydroxyl groups is 9. The molecule has 0 saturated carbocycles. The van der Waals surface area contributed by atoms with Crippen molar-refractivity contribution in [2.24, 2.45) is 11.8 Å². The summed E-state index contributed by atoms with van der Waals surface area (Å²) in [7, 11) is 1.36. The molecular formula is C30H56O16. The molecule has 16 heteroatoms. The molecule has 2 fully saturated rings. The molecule has 46 heavy (non-hydrogen) atoms. The van der Waals surface area contributed by atoms with Crippen LogP contribution in [0.4, 0.5) is 0 Å². The zero-order valence-corrected chi connectivity index (χ0v) is 27.0. The first-order valence-electron chi connectivity index (χ1n) is 16.1. The third-order valence-electron chi connectivity index (χ3n) is 8.77. The fraction of sp³-hybridized carbons (Fsp3) is 0.967. The van der Waals surface area contributed by atoms with Gasteiger partial charge in [-0.3, -0.25) is 4.79 Å². The summed E-state index contributed by atoms with van der Waals surface area (Å²) in [5, 5.41) is 93.4. The first-order valence-corrected chi connectivity index (χ1v) is 16.1. The van der Waals surface area contributed by atoms with Crippen LogP contribution in [-0.4, -0.2) is 159 Å². The molecule has 14 unspecified atom stereocenters. The van der Waals surface area contributed by atoms with E-state index in [1.54, 1.807) is 13.8 Å². The minimum atomic E-state index is -2.11. The molecule has 2 aliphatic heterocycles. The molecular weight excluding hydrogens is 616 g/mol. The lowest BCUT2D eigenvalue weighted by atomic mass is 9.90. The van der Waals surface area contributed by atoms with Gasteiger partial charge in [0.15, 0.2) is 18.9 Å². The van der Waals surface area contributed by atoms with Gasteiger partial charge in [-0.05, 0) is 19.3 Å². The van der Waals surface area contributed by atoms with Crippen molar-refractivity contribution in [1.82, 2.24) is 0 Å². The van der Waals surface area contributed by atoms with Crippen molar-refractivity contribution in [2.75, 3.05) is 33.5 Å². The zero-order valence-electron chi connectivity index (χ0n) is 27.0. The monoisotopic (exact) mass is 672 g/mol. The second kappa shape index (κ2) is 21.1. The van der Waals surface area contributed by atoms with E-state index in [2.05, 4.69) is 4.74 Å². The molecule has 0 spiro atoms. The van der Waals surface area contributed by atoms with E-state index in [0.717, 1.165) is 32.1 Å². The Morgan fingerprint density at radius 3 is 1.91 bits per heavy atom. The second-order valence-electron chi connectivity index (χ2n) is 12.1. The number of unbranched alkanes of at least 4 members (excludes halogenated alkanes) is 5. The maximum Gasteiger partial charge on any atom is 0.305 e. The van der Waals surface area contributed by atoms with Crippen LogP contribution in [0, 0.1) is 11.8 Å². The quantitative estimate of drug-likeness (QED) is 0.0359. The van der Waals surface area contributed by atoms with E-state index in [1.807, 2.05) is 0 Å². The first-order chi connectivity index (χ1) is 21.9. The molecule has 0 aliphatic carbocycles. The summed E-state index contributed by atoms with van der Waals surface area (Å²) in [5.74, 6) is -1.61. The van der Waals surface area contributed by atoms with Gasteiger partial charge < -0.3 is 74.4 Å². The summed E-state index contributed by atoms with van der Waals surface area (Å²) < 4.78 is 33.3. The van der Waals surface area contributed by atoms with Crippen LogP contribution in [0.5, 0.6) is 0 Å². The van der Waals surface area contributed by atoms with Gasteiger partial charge in [-0.1, -0.05) is 39.5 Å². The molecule has 272 valence electrons. The van der Waals surface area contributed by atoms with Crippen molar-refractivity contribution in [3.63, 3.8) is 0 Å². The molecule has 2 rings (SSSR count). The number of esters is 1. The van der Waals surface area contributed by atoms with Crippen LogP contribution in [0.2, 0.25) is 0 Å². The van der Waals surface area contributed by atoms with Gasteiger partial charge in [-0.2, -0.15) is 0 Å². The highest BCUT2D eigenvalue weighted by molar-refractivity contribution is 5.68. The zero-order chi connectivity index (χ0) is 34.4. The Balaban J connectivity index is 2.11. The highest BCUT2D eigenvalue weighted by Crippen LogP contribution is 2.32. The van der Waals surface area contributed by atoms with Gasteiger partial charge in [0, 0.05) is 31.5 Å². The van der Waals surface area contributed by atoms with E-state index < -0.39 is 105 Å². The highest BCUT2D eigenvalue weighted by atomic mass is 16.7. The fourth-order valence-corrected chi connectivity index (χ4v) is 5.54. The molecule has 0 amide bonds. The fourth-order valence-electron chi connectivity index (χ4n) is 5.54. The Hall–Kier alpha value is -1.09. The minimum Gasteiger partial charge on any atom is -0.469 e. The van der Waals surface area contributed by atoms with E-state index in [-0.39, 0.29) is 19.0 Å². The summed E-state index contributed by atoms with van der Waals surface area (Å²) in [6.07, 6.45) is -13.2. The van der Waals surface area contributed by atoms with Crippen LogP contribution in [0.3, 0.4) is 0 Å². The highest BCUT2D eigenvalue weighted by Gasteiger charge is 2.49. The van der Waals surface area contributed by atoms with Crippen molar-refractivity contribution in [2.45, 2.75) is 139 Å². The van der Waals surface area contributed by atoms with Crippen LogP contribution in [-0.2, 0) is 33.2 Å². The number of carbonyl (C=O) groups excluding carboxylic acids is 1. The van der Waals surface area contributed by atoms with Gasteiger partial charge in [0.1, 0.15) is 24.4 Å². The molecule has 9 N–H and O–H groups in total. The van der Waals surface area contributed by atoms with E-state index in [0.29, 0.717) is 12.8 Å². The third kappa shape index (κ3) is 11.8. The second-order valence-corrected chi connectivity index (χ2v) is 12.1. The first kappa shape index (κ1) is 41.1. The number of hydrogen-bond donors (Lipinski definition) is 9. The molecule has 2 saturated heterocycles. The Morgan fingerprint density at radius 1 is 0.761 bits per heavy atom. The van der Waals surface area contributed by atoms with Gasteiger partial charge >= 0.3 is 5.97 Å². The number of rotatable bonds is 21. The minimum absolute atomic E-state index is 0.181. The Morgan fingerprint density at radius 2 is 1.33 bits per heavy atom. The molecule has 16 nitrogen and oxygen atoms in total. The van der Waals surface area contributed by atoms with E-state index >= 15 is 0 Å². The van der Waals surface area contributed by atoms with Crippen LogP contribution in [0.15, 0.2) is 0 Å². The van der Waals surface area contributed by atoms with Crippen molar-refractivity contribution in [1.29, 1.82) is 0 Å².